The highest BCUT2D eigenvalue weighted by Gasteiger charge is 2.25. The van der Waals surface area contributed by atoms with Crippen molar-refractivity contribution in [2.24, 2.45) is 6.26 Å². The Balaban J connectivity index is 1.44. The summed E-state index contributed by atoms with van der Waals surface area (Å²) < 4.78 is 8.24. The number of thiophene rings is 1. The minimum atomic E-state index is -0.380. The fraction of sp³-hybridized carbons (Fsp3) is 0.238. The van der Waals surface area contributed by atoms with Gasteiger partial charge in [-0.15, -0.1) is 0 Å². The zero-order valence-corrected chi connectivity index (χ0v) is 18.4. The molecule has 0 bridgehead atoms. The molecule has 7 nitrogen and oxygen atoms in total. The third-order valence-electron chi connectivity index (χ3n) is 4.88. The molecule has 30 heavy (non-hydrogen) atoms. The highest BCUT2D eigenvalue weighted by molar-refractivity contribution is 8.18. The first-order valence-corrected chi connectivity index (χ1v) is 11.7. The third kappa shape index (κ3) is 3.90. The second-order valence-electron chi connectivity index (χ2n) is 6.87. The number of aryl methyl sites for hydroxylation is 3. The van der Waals surface area contributed by atoms with E-state index in [1.54, 1.807) is 22.8 Å². The zero-order valence-electron chi connectivity index (χ0n) is 16.7. The van der Waals surface area contributed by atoms with Gasteiger partial charge in [0, 0.05) is 13.0 Å². The number of nitrogens with one attached hydrogen (secondary N) is 1. The van der Waals surface area contributed by atoms with Gasteiger partial charge in [0.2, 0.25) is 0 Å². The summed E-state index contributed by atoms with van der Waals surface area (Å²) in [4.78, 5) is 41.9. The molecule has 3 heterocycles. The van der Waals surface area contributed by atoms with Crippen LogP contribution in [0.25, 0.3) is 16.3 Å². The van der Waals surface area contributed by atoms with E-state index in [2.05, 4.69) is 16.6 Å². The Labute approximate surface area is 179 Å². The predicted molar refractivity (Wildman–Crippen MR) is 120 cm³/mol. The molecule has 3 aromatic rings. The number of hydrogen-bond donors (Lipinski definition) is 1. The monoisotopic (exact) mass is 442 g/mol. The summed E-state index contributed by atoms with van der Waals surface area (Å²) in [6.45, 7) is 4.60. The normalized spacial score (nSPS) is 15.8. The molecular formula is C21H20N3O4S2+. The molecule has 1 aliphatic heterocycles. The molecule has 1 aliphatic rings. The number of benzene rings is 1. The lowest BCUT2D eigenvalue weighted by Gasteiger charge is -2.10. The number of aromatic nitrogens is 2. The van der Waals surface area contributed by atoms with Crippen LogP contribution >= 0.6 is 22.2 Å². The largest absolute Gasteiger partial charge is 0.492 e. The minimum Gasteiger partial charge on any atom is -0.492 e. The maximum absolute atomic E-state index is 12.9. The molecular weight excluding hydrogens is 422 g/mol. The van der Waals surface area contributed by atoms with Gasteiger partial charge < -0.3 is 4.74 Å². The van der Waals surface area contributed by atoms with Gasteiger partial charge in [-0.2, -0.15) is 0 Å². The Morgan fingerprint density at radius 1 is 1.20 bits per heavy atom. The third-order valence-corrected chi connectivity index (χ3v) is 7.77. The summed E-state index contributed by atoms with van der Waals surface area (Å²) in [5, 5.41) is 1.87. The molecule has 0 saturated carbocycles. The molecule has 0 radical (unpaired) electrons. The Hall–Kier alpha value is -2.91. The van der Waals surface area contributed by atoms with Crippen molar-refractivity contribution < 1.29 is 14.3 Å². The van der Waals surface area contributed by atoms with Crippen LogP contribution in [0.4, 0.5) is 4.79 Å². The van der Waals surface area contributed by atoms with Gasteiger partial charge in [0.15, 0.2) is 0 Å². The highest BCUT2D eigenvalue weighted by atomic mass is 32.2. The number of rotatable bonds is 5. The summed E-state index contributed by atoms with van der Waals surface area (Å²) in [5.41, 5.74) is 1.59. The van der Waals surface area contributed by atoms with Gasteiger partial charge in [-0.1, -0.05) is 12.1 Å². The van der Waals surface area contributed by atoms with Crippen LogP contribution in [-0.4, -0.2) is 27.3 Å². The number of fused-ring (bicyclic) bond motifs is 1. The summed E-state index contributed by atoms with van der Waals surface area (Å²) in [6, 6.07) is 9.20. The Bertz CT molecular complexity index is 1260. The SMILES string of the molecule is Cc1nc2cc(C)[s+](C)c2c(=O)n1CCOc1ccc(C=C2SC(=O)NC2=O)cc1. The topological polar surface area (TPSA) is 90.3 Å². The van der Waals surface area contributed by atoms with Gasteiger partial charge in [-0.25, -0.2) is 4.98 Å². The van der Waals surface area contributed by atoms with Crippen LogP contribution in [0.1, 0.15) is 16.3 Å². The molecule has 1 fully saturated rings. The number of carbonyl (C=O) groups is 2. The summed E-state index contributed by atoms with van der Waals surface area (Å²) in [7, 11) is -0.206. The van der Waals surface area contributed by atoms with Gasteiger partial charge in [0.25, 0.3) is 15.8 Å². The number of amides is 2. The molecule has 1 N–H and O–H groups in total. The number of hydrogen-bond acceptors (Lipinski definition) is 6. The lowest BCUT2D eigenvalue weighted by atomic mass is 10.2. The maximum atomic E-state index is 12.9. The minimum absolute atomic E-state index is 0.00361. The highest BCUT2D eigenvalue weighted by Crippen LogP contribution is 2.30. The van der Waals surface area contributed by atoms with Gasteiger partial charge in [0.1, 0.15) is 34.8 Å². The van der Waals surface area contributed by atoms with Crippen LogP contribution in [-0.2, 0) is 17.6 Å². The molecule has 1 saturated heterocycles. The van der Waals surface area contributed by atoms with Gasteiger partial charge in [-0.3, -0.25) is 24.3 Å². The van der Waals surface area contributed by atoms with Crippen LogP contribution in [0.15, 0.2) is 40.0 Å². The van der Waals surface area contributed by atoms with E-state index in [4.69, 9.17) is 4.74 Å². The summed E-state index contributed by atoms with van der Waals surface area (Å²) >= 11 is 0.884. The molecule has 1 aromatic carbocycles. The fourth-order valence-electron chi connectivity index (χ4n) is 3.24. The van der Waals surface area contributed by atoms with Crippen molar-refractivity contribution in [3.8, 4) is 5.75 Å². The van der Waals surface area contributed by atoms with Crippen molar-refractivity contribution in [1.29, 1.82) is 0 Å². The average molecular weight is 443 g/mol. The quantitative estimate of drug-likeness (QED) is 0.479. The Morgan fingerprint density at radius 2 is 1.93 bits per heavy atom. The maximum Gasteiger partial charge on any atom is 0.314 e. The molecule has 1 atom stereocenters. The number of nitrogens with zero attached hydrogens (tertiary/aromatic N) is 2. The Kier molecular flexibility index (Phi) is 5.48. The van der Waals surface area contributed by atoms with E-state index in [1.807, 2.05) is 32.0 Å². The molecule has 154 valence electrons. The number of carbonyl (C=O) groups excluding carboxylic acids is 2. The van der Waals surface area contributed by atoms with E-state index in [0.717, 1.165) is 27.5 Å². The molecule has 1 unspecified atom stereocenters. The summed E-state index contributed by atoms with van der Waals surface area (Å²) in [5.74, 6) is 0.952. The second kappa shape index (κ2) is 8.08. The van der Waals surface area contributed by atoms with Crippen molar-refractivity contribution in [3.05, 3.63) is 61.9 Å². The molecule has 2 amide bonds. The fourth-order valence-corrected chi connectivity index (χ4v) is 5.33. The summed E-state index contributed by atoms with van der Waals surface area (Å²) in [6.07, 6.45) is 3.71. The van der Waals surface area contributed by atoms with Crippen LogP contribution in [0.3, 0.4) is 0 Å². The van der Waals surface area contributed by atoms with Crippen molar-refractivity contribution in [3.63, 3.8) is 0 Å². The van der Waals surface area contributed by atoms with Gasteiger partial charge in [0.05, 0.1) is 11.4 Å². The van der Waals surface area contributed by atoms with Crippen molar-refractivity contribution in [2.45, 2.75) is 20.4 Å². The van der Waals surface area contributed by atoms with Crippen LogP contribution in [0.5, 0.6) is 5.75 Å². The molecule has 2 aromatic heterocycles. The van der Waals surface area contributed by atoms with E-state index in [0.29, 0.717) is 29.6 Å². The van der Waals surface area contributed by atoms with Crippen molar-refractivity contribution in [2.75, 3.05) is 6.61 Å². The molecule has 0 aliphatic carbocycles. The first-order valence-electron chi connectivity index (χ1n) is 9.27. The standard InChI is InChI=1S/C21H19N3O4S2/c1-12-10-16-18(30(12)3)20(26)24(13(2)22-16)8-9-28-15-6-4-14(5-7-15)11-17-19(25)23-21(27)29-17/h4-7,10-11H,8-9H2,1-3H3/p+1. The molecule has 4 rings (SSSR count). The number of thioether (sulfide) groups is 1. The zero-order chi connectivity index (χ0) is 21.4. The predicted octanol–water partition coefficient (Wildman–Crippen LogP) is 3.70. The molecule has 0 spiro atoms. The lowest BCUT2D eigenvalue weighted by Crippen LogP contribution is -2.26. The van der Waals surface area contributed by atoms with Crippen LogP contribution in [0, 0.1) is 13.8 Å². The van der Waals surface area contributed by atoms with E-state index in [9.17, 15) is 14.4 Å². The van der Waals surface area contributed by atoms with Crippen molar-refractivity contribution >= 4 is 49.7 Å². The van der Waals surface area contributed by atoms with Gasteiger partial charge >= 0.3 is 5.56 Å². The average Bonchev–Trinajstić information content (AvgIpc) is 3.16. The van der Waals surface area contributed by atoms with E-state index in [-0.39, 0.29) is 27.2 Å². The Morgan fingerprint density at radius 3 is 2.60 bits per heavy atom. The van der Waals surface area contributed by atoms with Crippen LogP contribution in [0.2, 0.25) is 0 Å². The van der Waals surface area contributed by atoms with E-state index in [1.165, 1.54) is 4.88 Å². The smallest absolute Gasteiger partial charge is 0.314 e. The van der Waals surface area contributed by atoms with Gasteiger partial charge in [-0.05, 0) is 52.9 Å². The molecule has 9 heteroatoms. The number of imide groups is 1. The first kappa shape index (κ1) is 20.4. The lowest BCUT2D eigenvalue weighted by molar-refractivity contribution is -0.115. The first-order chi connectivity index (χ1) is 14.3. The van der Waals surface area contributed by atoms with E-state index >= 15 is 0 Å². The number of ether oxygens (including phenoxy) is 1. The van der Waals surface area contributed by atoms with E-state index < -0.39 is 0 Å². The second-order valence-corrected chi connectivity index (χ2v) is 9.95. The van der Waals surface area contributed by atoms with Crippen LogP contribution < -0.4 is 15.6 Å². The van der Waals surface area contributed by atoms with Crippen molar-refractivity contribution in [1.82, 2.24) is 14.9 Å².